The Kier molecular flexibility index (Phi) is 5.68. The van der Waals surface area contributed by atoms with Gasteiger partial charge in [-0.05, 0) is 50.1 Å². The van der Waals surface area contributed by atoms with Crippen molar-refractivity contribution in [1.29, 1.82) is 0 Å². The van der Waals surface area contributed by atoms with Crippen LogP contribution in [0.3, 0.4) is 0 Å². The van der Waals surface area contributed by atoms with Crippen LogP contribution < -0.4 is 5.32 Å². The summed E-state index contributed by atoms with van der Waals surface area (Å²) >= 11 is 0. The predicted octanol–water partition coefficient (Wildman–Crippen LogP) is 2.49. The van der Waals surface area contributed by atoms with Gasteiger partial charge >= 0.3 is 0 Å². The van der Waals surface area contributed by atoms with E-state index in [0.717, 1.165) is 25.8 Å². The van der Waals surface area contributed by atoms with Crippen molar-refractivity contribution in [2.45, 2.75) is 50.6 Å². The van der Waals surface area contributed by atoms with Crippen LogP contribution in [0, 0.1) is 5.92 Å². The highest BCUT2D eigenvalue weighted by atomic mass is 16.3. The van der Waals surface area contributed by atoms with Crippen LogP contribution in [0.25, 0.3) is 0 Å². The first-order valence-corrected chi connectivity index (χ1v) is 8.97. The van der Waals surface area contributed by atoms with Gasteiger partial charge in [0.05, 0.1) is 12.6 Å². The summed E-state index contributed by atoms with van der Waals surface area (Å²) < 4.78 is 0. The molecule has 2 N–H and O–H groups in total. The molecule has 0 aromatic heterocycles. The molecule has 1 aromatic carbocycles. The summed E-state index contributed by atoms with van der Waals surface area (Å²) in [5.41, 5.74) is 1.22. The summed E-state index contributed by atoms with van der Waals surface area (Å²) in [6, 6.07) is 10.8. The summed E-state index contributed by atoms with van der Waals surface area (Å²) in [4.78, 5) is 14.8. The van der Waals surface area contributed by atoms with Crippen LogP contribution in [0.2, 0.25) is 0 Å². The van der Waals surface area contributed by atoms with Crippen LogP contribution in [0.15, 0.2) is 30.3 Å². The Morgan fingerprint density at radius 2 is 2.00 bits per heavy atom. The first-order valence-electron chi connectivity index (χ1n) is 8.97. The Balaban J connectivity index is 1.58. The number of likely N-dealkylation sites (tertiary alicyclic amines) is 1. The normalized spacial score (nSPS) is 23.4. The molecule has 1 saturated carbocycles. The van der Waals surface area contributed by atoms with Crippen LogP contribution in [0.5, 0.6) is 0 Å². The lowest BCUT2D eigenvalue weighted by atomic mass is 9.99. The highest BCUT2D eigenvalue weighted by Gasteiger charge is 2.34. The number of hydrogen-bond acceptors (Lipinski definition) is 3. The minimum atomic E-state index is 0.121. The van der Waals surface area contributed by atoms with E-state index in [1.165, 1.54) is 24.8 Å². The fraction of sp³-hybridized carbons (Fsp3) is 0.632. The minimum absolute atomic E-state index is 0.121. The molecule has 1 aromatic rings. The fourth-order valence-electron chi connectivity index (χ4n) is 3.71. The lowest BCUT2D eigenvalue weighted by Crippen LogP contribution is -2.46. The molecule has 2 atom stereocenters. The monoisotopic (exact) mass is 316 g/mol. The average molecular weight is 316 g/mol. The maximum absolute atomic E-state index is 12.6. The molecule has 0 spiro atoms. The maximum Gasteiger partial charge on any atom is 0.234 e. The molecular weight excluding hydrogens is 288 g/mol. The minimum Gasteiger partial charge on any atom is -0.396 e. The third-order valence-electron chi connectivity index (χ3n) is 5.13. The topological polar surface area (TPSA) is 52.6 Å². The van der Waals surface area contributed by atoms with E-state index in [4.69, 9.17) is 0 Å². The maximum atomic E-state index is 12.6. The van der Waals surface area contributed by atoms with E-state index in [1.807, 2.05) is 18.2 Å². The molecule has 4 heteroatoms. The number of piperidine rings is 1. The highest BCUT2D eigenvalue weighted by molar-refractivity contribution is 5.78. The molecule has 4 nitrogen and oxygen atoms in total. The molecule has 1 amide bonds. The van der Waals surface area contributed by atoms with E-state index in [2.05, 4.69) is 22.3 Å². The van der Waals surface area contributed by atoms with Gasteiger partial charge in [0, 0.05) is 12.6 Å². The number of hydrogen-bond donors (Lipinski definition) is 2. The second-order valence-corrected chi connectivity index (χ2v) is 6.93. The zero-order valence-electron chi connectivity index (χ0n) is 13.8. The van der Waals surface area contributed by atoms with Crippen molar-refractivity contribution >= 4 is 5.91 Å². The molecule has 126 valence electrons. The van der Waals surface area contributed by atoms with Crippen molar-refractivity contribution in [3.8, 4) is 0 Å². The Labute approximate surface area is 138 Å². The van der Waals surface area contributed by atoms with Crippen molar-refractivity contribution < 1.29 is 9.90 Å². The second kappa shape index (κ2) is 7.93. The smallest absolute Gasteiger partial charge is 0.234 e. The van der Waals surface area contributed by atoms with Crippen molar-refractivity contribution in [3.63, 3.8) is 0 Å². The van der Waals surface area contributed by atoms with Crippen LogP contribution in [-0.4, -0.2) is 41.7 Å². The summed E-state index contributed by atoms with van der Waals surface area (Å²) in [7, 11) is 0. The first-order chi connectivity index (χ1) is 11.3. The number of carbonyl (C=O) groups is 1. The van der Waals surface area contributed by atoms with Crippen LogP contribution >= 0.6 is 0 Å². The van der Waals surface area contributed by atoms with Crippen LogP contribution in [-0.2, 0) is 4.79 Å². The number of nitrogens with one attached hydrogen (secondary N) is 1. The van der Waals surface area contributed by atoms with Crippen molar-refractivity contribution in [2.24, 2.45) is 5.92 Å². The number of amides is 1. The van der Waals surface area contributed by atoms with Gasteiger partial charge in [0.25, 0.3) is 0 Å². The van der Waals surface area contributed by atoms with Gasteiger partial charge in [0.2, 0.25) is 5.91 Å². The van der Waals surface area contributed by atoms with Gasteiger partial charge in [-0.15, -0.1) is 0 Å². The lowest BCUT2D eigenvalue weighted by Gasteiger charge is -2.35. The molecule has 2 fully saturated rings. The Morgan fingerprint density at radius 3 is 2.70 bits per heavy atom. The molecule has 1 aliphatic carbocycles. The Morgan fingerprint density at radius 1 is 1.22 bits per heavy atom. The van der Waals surface area contributed by atoms with E-state index >= 15 is 0 Å². The van der Waals surface area contributed by atoms with E-state index in [0.29, 0.717) is 18.5 Å². The van der Waals surface area contributed by atoms with E-state index < -0.39 is 0 Å². The van der Waals surface area contributed by atoms with Gasteiger partial charge in [0.1, 0.15) is 0 Å². The van der Waals surface area contributed by atoms with Crippen molar-refractivity contribution in [3.05, 3.63) is 35.9 Å². The van der Waals surface area contributed by atoms with Crippen molar-refractivity contribution in [1.82, 2.24) is 10.2 Å². The molecule has 23 heavy (non-hydrogen) atoms. The van der Waals surface area contributed by atoms with Gasteiger partial charge < -0.3 is 10.4 Å². The number of rotatable bonds is 7. The number of aliphatic hydroxyl groups is 1. The molecule has 1 heterocycles. The number of carbonyl (C=O) groups excluding carboxylic acids is 1. The SMILES string of the molecule is O=C(CN1CCCCC1CCO)NC(c1ccccc1)C1CC1. The third kappa shape index (κ3) is 4.55. The Bertz CT molecular complexity index is 499. The van der Waals surface area contributed by atoms with Gasteiger partial charge in [-0.3, -0.25) is 9.69 Å². The molecule has 0 radical (unpaired) electrons. The lowest BCUT2D eigenvalue weighted by molar-refractivity contribution is -0.124. The summed E-state index contributed by atoms with van der Waals surface area (Å²) in [5.74, 6) is 0.714. The quantitative estimate of drug-likeness (QED) is 0.812. The summed E-state index contributed by atoms with van der Waals surface area (Å²) in [6.07, 6.45) is 6.64. The van der Waals surface area contributed by atoms with Crippen molar-refractivity contribution in [2.75, 3.05) is 19.7 Å². The van der Waals surface area contributed by atoms with Crippen LogP contribution in [0.1, 0.15) is 50.1 Å². The first kappa shape index (κ1) is 16.5. The predicted molar refractivity (Wildman–Crippen MR) is 91.0 cm³/mol. The molecule has 1 saturated heterocycles. The highest BCUT2D eigenvalue weighted by Crippen LogP contribution is 2.40. The number of nitrogens with zero attached hydrogens (tertiary/aromatic N) is 1. The molecule has 2 aliphatic rings. The summed E-state index contributed by atoms with van der Waals surface area (Å²) in [5, 5.41) is 12.5. The van der Waals surface area contributed by atoms with Gasteiger partial charge in [-0.2, -0.15) is 0 Å². The zero-order chi connectivity index (χ0) is 16.1. The Hall–Kier alpha value is -1.39. The van der Waals surface area contributed by atoms with E-state index in [1.54, 1.807) is 0 Å². The molecule has 3 rings (SSSR count). The summed E-state index contributed by atoms with van der Waals surface area (Å²) in [6.45, 7) is 1.63. The standard InChI is InChI=1S/C19H28N2O2/c22-13-11-17-8-4-5-12-21(17)14-18(23)20-19(16-9-10-16)15-6-2-1-3-7-15/h1-3,6-7,16-17,19,22H,4-5,8-14H2,(H,20,23). The largest absolute Gasteiger partial charge is 0.396 e. The second-order valence-electron chi connectivity index (χ2n) is 6.93. The van der Waals surface area contributed by atoms with Gasteiger partial charge in [0.15, 0.2) is 0 Å². The van der Waals surface area contributed by atoms with Gasteiger partial charge in [-0.1, -0.05) is 36.8 Å². The van der Waals surface area contributed by atoms with E-state index in [9.17, 15) is 9.90 Å². The van der Waals surface area contributed by atoms with Crippen LogP contribution in [0.4, 0.5) is 0 Å². The average Bonchev–Trinajstić information content (AvgIpc) is 3.40. The molecule has 1 aliphatic heterocycles. The molecule has 0 bridgehead atoms. The molecule has 2 unspecified atom stereocenters. The third-order valence-corrected chi connectivity index (χ3v) is 5.13. The fourth-order valence-corrected chi connectivity index (χ4v) is 3.71. The molecular formula is C19H28N2O2. The number of aliphatic hydroxyl groups excluding tert-OH is 1. The van der Waals surface area contributed by atoms with E-state index in [-0.39, 0.29) is 18.6 Å². The zero-order valence-corrected chi connectivity index (χ0v) is 13.8. The number of benzene rings is 1. The van der Waals surface area contributed by atoms with Gasteiger partial charge in [-0.25, -0.2) is 0 Å².